The van der Waals surface area contributed by atoms with Crippen molar-refractivity contribution < 1.29 is 15.0 Å². The van der Waals surface area contributed by atoms with Crippen LogP contribution in [0.3, 0.4) is 0 Å². The average molecular weight is 255 g/mol. The molecule has 0 saturated carbocycles. The average Bonchev–Trinajstić information content (AvgIpc) is 2.38. The molecule has 0 aliphatic carbocycles. The molecule has 0 aliphatic rings. The summed E-state index contributed by atoms with van der Waals surface area (Å²) < 4.78 is 0. The van der Waals surface area contributed by atoms with E-state index in [1.807, 2.05) is 0 Å². The van der Waals surface area contributed by atoms with Crippen LogP contribution in [0.4, 0.5) is 17.5 Å². The van der Waals surface area contributed by atoms with Gasteiger partial charge in [0.05, 0.1) is 6.20 Å². The molecular formula is C10H17N5O3. The van der Waals surface area contributed by atoms with Crippen LogP contribution in [0.1, 0.15) is 6.42 Å². The molecule has 0 radical (unpaired) electrons. The summed E-state index contributed by atoms with van der Waals surface area (Å²) in [6.45, 7) is 0.322. The first-order chi connectivity index (χ1) is 8.71. The zero-order valence-corrected chi connectivity index (χ0v) is 9.83. The second-order valence-electron chi connectivity index (χ2n) is 3.70. The number of carbonyl (C=O) groups excluding carboxylic acids is 1. The quantitative estimate of drug-likeness (QED) is 0.377. The number of nitrogens with two attached hydrogens (primary N) is 1. The summed E-state index contributed by atoms with van der Waals surface area (Å²) in [5.41, 5.74) is 5.87. The second-order valence-corrected chi connectivity index (χ2v) is 3.70. The van der Waals surface area contributed by atoms with Crippen molar-refractivity contribution in [2.45, 2.75) is 6.42 Å². The van der Waals surface area contributed by atoms with Gasteiger partial charge in [0.25, 0.3) is 0 Å². The van der Waals surface area contributed by atoms with E-state index in [0.29, 0.717) is 30.9 Å². The molecule has 18 heavy (non-hydrogen) atoms. The van der Waals surface area contributed by atoms with Gasteiger partial charge in [0.15, 0.2) is 5.82 Å². The lowest BCUT2D eigenvalue weighted by atomic mass is 10.1. The number of hydrogen-bond acceptors (Lipinski definition) is 7. The third-order valence-corrected chi connectivity index (χ3v) is 2.38. The summed E-state index contributed by atoms with van der Waals surface area (Å²) in [5, 5.41) is 23.2. The molecule has 1 aromatic rings. The first-order valence-corrected chi connectivity index (χ1v) is 5.49. The highest BCUT2D eigenvalue weighted by Gasteiger charge is 2.08. The van der Waals surface area contributed by atoms with Crippen LogP contribution < -0.4 is 16.4 Å². The summed E-state index contributed by atoms with van der Waals surface area (Å²) in [7, 11) is 0. The molecule has 8 heteroatoms. The highest BCUT2D eigenvalue weighted by molar-refractivity contribution is 5.78. The number of hydrogen-bond donors (Lipinski definition) is 5. The van der Waals surface area contributed by atoms with Gasteiger partial charge in [0.1, 0.15) is 5.69 Å². The highest BCUT2D eigenvalue weighted by atomic mass is 16.3. The molecular weight excluding hydrogens is 238 g/mol. The van der Waals surface area contributed by atoms with Crippen LogP contribution in [0.15, 0.2) is 6.20 Å². The van der Waals surface area contributed by atoms with Gasteiger partial charge in [-0.3, -0.25) is 4.79 Å². The molecule has 0 unspecified atom stereocenters. The number of carbonyl (C=O) groups is 1. The van der Waals surface area contributed by atoms with Gasteiger partial charge >= 0.3 is 0 Å². The largest absolute Gasteiger partial charge is 0.396 e. The molecule has 0 fully saturated rings. The number of rotatable bonds is 8. The Morgan fingerprint density at radius 1 is 1.44 bits per heavy atom. The number of aromatic nitrogens is 2. The first-order valence-electron chi connectivity index (χ1n) is 5.49. The second kappa shape index (κ2) is 7.41. The smallest absolute Gasteiger partial charge is 0.222 e. The van der Waals surface area contributed by atoms with Gasteiger partial charge in [-0.2, -0.15) is 4.98 Å². The molecule has 0 atom stereocenters. The summed E-state index contributed by atoms with van der Waals surface area (Å²) in [6, 6.07) is 0. The van der Waals surface area contributed by atoms with E-state index in [-0.39, 0.29) is 25.1 Å². The molecule has 0 aliphatic heterocycles. The lowest BCUT2D eigenvalue weighted by Crippen LogP contribution is -2.17. The van der Waals surface area contributed by atoms with Crippen molar-refractivity contribution in [2.24, 2.45) is 5.92 Å². The maximum Gasteiger partial charge on any atom is 0.222 e. The molecule has 6 N–H and O–H groups in total. The van der Waals surface area contributed by atoms with Gasteiger partial charge in [0.2, 0.25) is 12.4 Å². The number of anilines is 3. The fourth-order valence-electron chi connectivity index (χ4n) is 1.33. The van der Waals surface area contributed by atoms with Crippen LogP contribution in [0.5, 0.6) is 0 Å². The van der Waals surface area contributed by atoms with Crippen LogP contribution >= 0.6 is 0 Å². The van der Waals surface area contributed by atoms with Crippen molar-refractivity contribution in [2.75, 3.05) is 36.1 Å². The molecule has 0 saturated heterocycles. The van der Waals surface area contributed by atoms with Gasteiger partial charge in [-0.25, -0.2) is 4.98 Å². The summed E-state index contributed by atoms with van der Waals surface area (Å²) >= 11 is 0. The Morgan fingerprint density at radius 3 is 2.78 bits per heavy atom. The van der Waals surface area contributed by atoms with Crippen molar-refractivity contribution in [3.8, 4) is 0 Å². The number of amides is 1. The van der Waals surface area contributed by atoms with E-state index < -0.39 is 0 Å². The molecule has 8 nitrogen and oxygen atoms in total. The Labute approximate surface area is 104 Å². The summed E-state index contributed by atoms with van der Waals surface area (Å²) in [4.78, 5) is 18.1. The molecule has 0 spiro atoms. The first kappa shape index (κ1) is 14.1. The maximum atomic E-state index is 10.4. The molecule has 1 rings (SSSR count). The van der Waals surface area contributed by atoms with Crippen molar-refractivity contribution in [3.05, 3.63) is 6.20 Å². The normalized spacial score (nSPS) is 10.4. The van der Waals surface area contributed by atoms with Crippen molar-refractivity contribution in [1.82, 2.24) is 9.97 Å². The van der Waals surface area contributed by atoms with Crippen molar-refractivity contribution in [3.63, 3.8) is 0 Å². The standard InChI is InChI=1S/C10H17N5O3/c11-10-13-3-8(14-6-18)9(15-10)12-2-1-7(4-16)5-17/h3,6-7,16-17H,1-2,4-5H2,(H,14,18)(H3,11,12,13,15). The van der Waals surface area contributed by atoms with E-state index in [9.17, 15) is 4.79 Å². The Hall–Kier alpha value is -1.93. The van der Waals surface area contributed by atoms with Crippen LogP contribution in [0, 0.1) is 5.92 Å². The SMILES string of the molecule is Nc1ncc(NC=O)c(NCCC(CO)CO)n1. The number of nitrogens with one attached hydrogen (secondary N) is 2. The minimum Gasteiger partial charge on any atom is -0.396 e. The predicted octanol–water partition coefficient (Wildman–Crippen LogP) is -0.970. The van der Waals surface area contributed by atoms with E-state index in [4.69, 9.17) is 15.9 Å². The molecule has 100 valence electrons. The fourth-order valence-corrected chi connectivity index (χ4v) is 1.33. The van der Waals surface area contributed by atoms with E-state index >= 15 is 0 Å². The minimum atomic E-state index is -0.181. The molecule has 0 bridgehead atoms. The molecule has 1 amide bonds. The molecule has 0 aromatic carbocycles. The summed E-state index contributed by atoms with van der Waals surface area (Å²) in [6.07, 6.45) is 2.48. The van der Waals surface area contributed by atoms with E-state index in [0.717, 1.165) is 0 Å². The Morgan fingerprint density at radius 2 is 2.17 bits per heavy atom. The minimum absolute atomic E-state index is 0.0798. The van der Waals surface area contributed by atoms with Gasteiger partial charge in [-0.1, -0.05) is 0 Å². The van der Waals surface area contributed by atoms with Crippen molar-refractivity contribution >= 4 is 23.9 Å². The van der Waals surface area contributed by atoms with Crippen LogP contribution in [0.2, 0.25) is 0 Å². The number of aliphatic hydroxyl groups excluding tert-OH is 2. The van der Waals surface area contributed by atoms with E-state index in [1.54, 1.807) is 0 Å². The zero-order valence-electron chi connectivity index (χ0n) is 9.83. The van der Waals surface area contributed by atoms with Gasteiger partial charge in [0, 0.05) is 25.7 Å². The van der Waals surface area contributed by atoms with E-state index in [1.165, 1.54) is 6.20 Å². The monoisotopic (exact) mass is 255 g/mol. The highest BCUT2D eigenvalue weighted by Crippen LogP contribution is 2.18. The lowest BCUT2D eigenvalue weighted by molar-refractivity contribution is -0.105. The van der Waals surface area contributed by atoms with Crippen LogP contribution in [-0.2, 0) is 4.79 Å². The number of nitrogen functional groups attached to an aromatic ring is 1. The van der Waals surface area contributed by atoms with Gasteiger partial charge in [-0.05, 0) is 6.42 Å². The third-order valence-electron chi connectivity index (χ3n) is 2.38. The van der Waals surface area contributed by atoms with Crippen LogP contribution in [0.25, 0.3) is 0 Å². The summed E-state index contributed by atoms with van der Waals surface area (Å²) in [5.74, 6) is 0.318. The van der Waals surface area contributed by atoms with Gasteiger partial charge < -0.3 is 26.6 Å². The van der Waals surface area contributed by atoms with Gasteiger partial charge in [-0.15, -0.1) is 0 Å². The van der Waals surface area contributed by atoms with Crippen molar-refractivity contribution in [1.29, 1.82) is 0 Å². The van der Waals surface area contributed by atoms with E-state index in [2.05, 4.69) is 20.6 Å². The third kappa shape index (κ3) is 4.15. The lowest BCUT2D eigenvalue weighted by Gasteiger charge is -2.13. The topological polar surface area (TPSA) is 133 Å². The Balaban J connectivity index is 2.59. The molecule has 1 heterocycles. The van der Waals surface area contributed by atoms with Crippen LogP contribution in [-0.4, -0.2) is 46.3 Å². The predicted molar refractivity (Wildman–Crippen MR) is 66.9 cm³/mol. The zero-order chi connectivity index (χ0) is 13.4. The Bertz CT molecular complexity index is 384. The number of nitrogens with zero attached hydrogens (tertiary/aromatic N) is 2. The Kier molecular flexibility index (Phi) is 5.81. The number of aliphatic hydroxyl groups is 2. The maximum absolute atomic E-state index is 10.4. The molecule has 1 aromatic heterocycles. The fraction of sp³-hybridized carbons (Fsp3) is 0.500.